The lowest BCUT2D eigenvalue weighted by atomic mass is 10.1. The Labute approximate surface area is 159 Å². The summed E-state index contributed by atoms with van der Waals surface area (Å²) in [4.78, 5) is 29.6. The molecule has 0 spiro atoms. The topological polar surface area (TPSA) is 85.6 Å². The smallest absolute Gasteiger partial charge is 0.343 e. The van der Waals surface area contributed by atoms with E-state index in [1.807, 2.05) is 6.07 Å². The van der Waals surface area contributed by atoms with Crippen molar-refractivity contribution in [2.75, 3.05) is 18.0 Å². The molecule has 8 heteroatoms. The van der Waals surface area contributed by atoms with Crippen LogP contribution >= 0.6 is 11.3 Å². The van der Waals surface area contributed by atoms with Gasteiger partial charge in [-0.3, -0.25) is 10.1 Å². The third-order valence-corrected chi connectivity index (χ3v) is 5.56. The van der Waals surface area contributed by atoms with E-state index in [2.05, 4.69) is 9.88 Å². The first-order valence-electron chi connectivity index (χ1n) is 8.72. The van der Waals surface area contributed by atoms with Gasteiger partial charge in [-0.1, -0.05) is 17.4 Å². The van der Waals surface area contributed by atoms with Gasteiger partial charge < -0.3 is 9.64 Å². The molecule has 0 bridgehead atoms. The minimum absolute atomic E-state index is 0.141. The molecule has 1 aliphatic rings. The monoisotopic (exact) mass is 383 g/mol. The molecule has 0 N–H and O–H groups in total. The predicted molar refractivity (Wildman–Crippen MR) is 104 cm³/mol. The fraction of sp³-hybridized carbons (Fsp3) is 0.263. The van der Waals surface area contributed by atoms with Crippen LogP contribution in [0.5, 0.6) is 5.75 Å². The van der Waals surface area contributed by atoms with E-state index in [1.54, 1.807) is 23.5 Å². The number of piperidine rings is 1. The molecule has 0 amide bonds. The Morgan fingerprint density at radius 2 is 1.96 bits per heavy atom. The second kappa shape index (κ2) is 7.32. The van der Waals surface area contributed by atoms with Crippen molar-refractivity contribution in [1.82, 2.24) is 4.98 Å². The highest BCUT2D eigenvalue weighted by atomic mass is 32.1. The minimum Gasteiger partial charge on any atom is -0.423 e. The van der Waals surface area contributed by atoms with E-state index in [9.17, 15) is 14.9 Å². The van der Waals surface area contributed by atoms with E-state index in [-0.39, 0.29) is 11.3 Å². The summed E-state index contributed by atoms with van der Waals surface area (Å²) in [6.45, 7) is 2.04. The van der Waals surface area contributed by atoms with Crippen LogP contribution in [0.1, 0.15) is 29.6 Å². The second-order valence-electron chi connectivity index (χ2n) is 6.37. The number of carbonyl (C=O) groups excluding carboxylic acids is 1. The molecule has 2 aromatic carbocycles. The predicted octanol–water partition coefficient (Wildman–Crippen LogP) is 4.41. The lowest BCUT2D eigenvalue weighted by molar-refractivity contribution is -0.384. The number of hydrogen-bond acceptors (Lipinski definition) is 7. The number of esters is 1. The Bertz CT molecular complexity index is 1010. The van der Waals surface area contributed by atoms with E-state index >= 15 is 0 Å². The average molecular weight is 383 g/mol. The van der Waals surface area contributed by atoms with Crippen LogP contribution in [0.4, 0.5) is 10.8 Å². The number of nitro groups is 1. The Morgan fingerprint density at radius 1 is 1.15 bits per heavy atom. The summed E-state index contributed by atoms with van der Waals surface area (Å²) in [5, 5.41) is 11.8. The van der Waals surface area contributed by atoms with Crippen LogP contribution in [0.25, 0.3) is 10.2 Å². The number of benzene rings is 2. The Morgan fingerprint density at radius 3 is 2.74 bits per heavy atom. The number of carbonyl (C=O) groups is 1. The van der Waals surface area contributed by atoms with E-state index in [0.717, 1.165) is 28.4 Å². The van der Waals surface area contributed by atoms with Crippen LogP contribution in [0.2, 0.25) is 0 Å². The molecule has 1 fully saturated rings. The highest BCUT2D eigenvalue weighted by Crippen LogP contribution is 2.33. The Balaban J connectivity index is 1.54. The summed E-state index contributed by atoms with van der Waals surface area (Å²) in [6, 6.07) is 10.8. The maximum Gasteiger partial charge on any atom is 0.343 e. The fourth-order valence-corrected chi connectivity index (χ4v) is 4.13. The van der Waals surface area contributed by atoms with Crippen molar-refractivity contribution in [3.8, 4) is 5.75 Å². The molecule has 1 saturated heterocycles. The number of fused-ring (bicyclic) bond motifs is 1. The van der Waals surface area contributed by atoms with Gasteiger partial charge in [0.25, 0.3) is 5.69 Å². The first kappa shape index (κ1) is 17.4. The average Bonchev–Trinajstić information content (AvgIpc) is 3.12. The SMILES string of the molecule is O=C(Oc1ccc2nc(N3CCCCC3)sc2c1)c1cccc([N+](=O)[O-])c1. The van der Waals surface area contributed by atoms with Crippen molar-refractivity contribution >= 4 is 38.3 Å². The van der Waals surface area contributed by atoms with E-state index in [1.165, 1.54) is 43.5 Å². The van der Waals surface area contributed by atoms with Gasteiger partial charge in [-0.05, 0) is 37.5 Å². The number of hydrogen-bond donors (Lipinski definition) is 0. The van der Waals surface area contributed by atoms with Gasteiger partial charge in [-0.25, -0.2) is 9.78 Å². The third-order valence-electron chi connectivity index (χ3n) is 4.48. The second-order valence-corrected chi connectivity index (χ2v) is 7.38. The molecular weight excluding hydrogens is 366 g/mol. The molecule has 3 aromatic rings. The van der Waals surface area contributed by atoms with Crippen molar-refractivity contribution in [3.63, 3.8) is 0 Å². The van der Waals surface area contributed by atoms with Gasteiger partial charge in [0.2, 0.25) is 0 Å². The molecule has 7 nitrogen and oxygen atoms in total. The van der Waals surface area contributed by atoms with Gasteiger partial charge >= 0.3 is 5.97 Å². The van der Waals surface area contributed by atoms with Gasteiger partial charge in [0.15, 0.2) is 5.13 Å². The van der Waals surface area contributed by atoms with Crippen LogP contribution < -0.4 is 9.64 Å². The Hall–Kier alpha value is -3.00. The van der Waals surface area contributed by atoms with E-state index < -0.39 is 10.9 Å². The van der Waals surface area contributed by atoms with Gasteiger partial charge in [0.1, 0.15) is 5.75 Å². The molecule has 1 aliphatic heterocycles. The molecule has 2 heterocycles. The summed E-state index contributed by atoms with van der Waals surface area (Å²) in [7, 11) is 0. The maximum absolute atomic E-state index is 12.3. The number of anilines is 1. The van der Waals surface area contributed by atoms with Gasteiger partial charge in [0.05, 0.1) is 20.7 Å². The van der Waals surface area contributed by atoms with Crippen LogP contribution in [0, 0.1) is 10.1 Å². The summed E-state index contributed by atoms with van der Waals surface area (Å²) >= 11 is 1.58. The number of non-ortho nitro benzene ring substituents is 1. The maximum atomic E-state index is 12.3. The van der Waals surface area contributed by atoms with Gasteiger partial charge in [-0.2, -0.15) is 0 Å². The minimum atomic E-state index is -0.626. The molecular formula is C19H17N3O4S. The standard InChI is InChI=1S/C19H17N3O4S/c23-18(13-5-4-6-14(11-13)22(24)25)26-15-7-8-16-17(12-15)27-19(20-16)21-9-2-1-3-10-21/h4-8,11-12H,1-3,9-10H2. The molecule has 1 aromatic heterocycles. The fourth-order valence-electron chi connectivity index (χ4n) is 3.09. The van der Waals surface area contributed by atoms with Crippen LogP contribution in [0.15, 0.2) is 42.5 Å². The summed E-state index contributed by atoms with van der Waals surface area (Å²) in [5.74, 6) is -0.230. The van der Waals surface area contributed by atoms with Gasteiger partial charge in [0, 0.05) is 31.3 Å². The van der Waals surface area contributed by atoms with Crippen LogP contribution in [-0.4, -0.2) is 29.0 Å². The van der Waals surface area contributed by atoms with E-state index in [0.29, 0.717) is 5.75 Å². The number of nitro benzene ring substituents is 1. The molecule has 27 heavy (non-hydrogen) atoms. The van der Waals surface area contributed by atoms with E-state index in [4.69, 9.17) is 4.74 Å². The van der Waals surface area contributed by atoms with Crippen LogP contribution in [0.3, 0.4) is 0 Å². The van der Waals surface area contributed by atoms with Crippen molar-refractivity contribution in [1.29, 1.82) is 0 Å². The molecule has 4 rings (SSSR count). The largest absolute Gasteiger partial charge is 0.423 e. The number of aromatic nitrogens is 1. The van der Waals surface area contributed by atoms with Crippen LogP contribution in [-0.2, 0) is 0 Å². The zero-order chi connectivity index (χ0) is 18.8. The molecule has 0 radical (unpaired) electrons. The molecule has 0 unspecified atom stereocenters. The number of nitrogens with zero attached hydrogens (tertiary/aromatic N) is 3. The highest BCUT2D eigenvalue weighted by Gasteiger charge is 2.17. The quantitative estimate of drug-likeness (QED) is 0.287. The van der Waals surface area contributed by atoms with Crippen molar-refractivity contribution in [2.45, 2.75) is 19.3 Å². The number of ether oxygens (including phenoxy) is 1. The molecule has 0 aliphatic carbocycles. The first-order valence-corrected chi connectivity index (χ1v) is 9.54. The normalized spacial score (nSPS) is 14.3. The molecule has 138 valence electrons. The van der Waals surface area contributed by atoms with Gasteiger partial charge in [-0.15, -0.1) is 0 Å². The number of rotatable bonds is 4. The lowest BCUT2D eigenvalue weighted by Crippen LogP contribution is -2.29. The number of thiazole rings is 1. The first-order chi connectivity index (χ1) is 13.1. The summed E-state index contributed by atoms with van der Waals surface area (Å²) in [6.07, 6.45) is 3.63. The van der Waals surface area contributed by atoms with Crippen molar-refractivity contribution in [3.05, 3.63) is 58.1 Å². The molecule has 0 atom stereocenters. The summed E-state index contributed by atoms with van der Waals surface area (Å²) < 4.78 is 6.35. The zero-order valence-electron chi connectivity index (χ0n) is 14.5. The van der Waals surface area contributed by atoms with Crippen molar-refractivity contribution < 1.29 is 14.5 Å². The zero-order valence-corrected chi connectivity index (χ0v) is 15.3. The Kier molecular flexibility index (Phi) is 4.72. The van der Waals surface area contributed by atoms with Crippen molar-refractivity contribution in [2.24, 2.45) is 0 Å². The summed E-state index contributed by atoms with van der Waals surface area (Å²) in [5.41, 5.74) is 0.867. The molecule has 0 saturated carbocycles. The highest BCUT2D eigenvalue weighted by molar-refractivity contribution is 7.22. The lowest BCUT2D eigenvalue weighted by Gasteiger charge is -2.25. The third kappa shape index (κ3) is 3.75.